The minimum atomic E-state index is -0.980. The number of rotatable bonds is 5. The molecule has 0 aliphatic heterocycles. The molecule has 33 heavy (non-hydrogen) atoms. The lowest BCUT2D eigenvalue weighted by molar-refractivity contribution is -0.115. The molecule has 0 saturated carbocycles. The zero-order valence-electron chi connectivity index (χ0n) is 18.8. The summed E-state index contributed by atoms with van der Waals surface area (Å²) in [6.45, 7) is 5.40. The lowest BCUT2D eigenvalue weighted by atomic mass is 9.88. The molecule has 1 aliphatic carbocycles. The molecule has 0 aromatic heterocycles. The van der Waals surface area contributed by atoms with Crippen LogP contribution in [0.1, 0.15) is 52.9 Å². The zero-order valence-corrected chi connectivity index (χ0v) is 18.8. The SMILES string of the molecule is Cc1c(NC(=O)CC#N)cccc1-c1ccc(C(N)=O)c2c1-c1ccc(C(C)(C)O)cc1C2. The first kappa shape index (κ1) is 22.3. The Balaban J connectivity index is 1.91. The maximum Gasteiger partial charge on any atom is 0.249 e. The number of carbonyl (C=O) groups excluding carboxylic acids is 2. The van der Waals surface area contributed by atoms with Crippen molar-refractivity contribution in [1.82, 2.24) is 0 Å². The van der Waals surface area contributed by atoms with Crippen LogP contribution in [0.4, 0.5) is 5.69 Å². The van der Waals surface area contributed by atoms with E-state index < -0.39 is 11.5 Å². The van der Waals surface area contributed by atoms with Crippen LogP contribution in [0.2, 0.25) is 0 Å². The van der Waals surface area contributed by atoms with E-state index in [1.807, 2.05) is 49.4 Å². The second kappa shape index (κ2) is 8.19. The molecule has 1 aliphatic rings. The maximum absolute atomic E-state index is 12.2. The van der Waals surface area contributed by atoms with Gasteiger partial charge in [0, 0.05) is 11.3 Å². The standard InChI is InChI=1S/C27H25N3O3/c1-15-18(5-4-6-23(15)30-24(31)11-12-28)20-9-10-21(26(29)32)22-14-16-13-17(27(2,3)33)7-8-19(16)25(20)22/h4-10,13,33H,11,14H2,1-3H3,(H2,29,32)(H,30,31). The highest BCUT2D eigenvalue weighted by Crippen LogP contribution is 2.46. The summed E-state index contributed by atoms with van der Waals surface area (Å²) < 4.78 is 0. The minimum absolute atomic E-state index is 0.219. The van der Waals surface area contributed by atoms with Crippen molar-refractivity contribution in [3.05, 3.63) is 76.3 Å². The summed E-state index contributed by atoms with van der Waals surface area (Å²) in [6.07, 6.45) is 0.321. The van der Waals surface area contributed by atoms with Crippen molar-refractivity contribution < 1.29 is 14.7 Å². The molecule has 4 N–H and O–H groups in total. The Morgan fingerprint density at radius 2 is 1.85 bits per heavy atom. The van der Waals surface area contributed by atoms with Gasteiger partial charge in [0.25, 0.3) is 0 Å². The van der Waals surface area contributed by atoms with Gasteiger partial charge >= 0.3 is 0 Å². The normalized spacial score (nSPS) is 12.0. The third-order valence-corrected chi connectivity index (χ3v) is 6.16. The number of aliphatic hydroxyl groups is 1. The lowest BCUT2D eigenvalue weighted by Gasteiger charge is -2.19. The zero-order chi connectivity index (χ0) is 23.9. The summed E-state index contributed by atoms with van der Waals surface area (Å²) in [4.78, 5) is 24.2. The molecule has 0 atom stereocenters. The van der Waals surface area contributed by atoms with E-state index in [1.54, 1.807) is 26.0 Å². The Labute approximate surface area is 192 Å². The maximum atomic E-state index is 12.2. The van der Waals surface area contributed by atoms with Gasteiger partial charge in [-0.3, -0.25) is 9.59 Å². The third kappa shape index (κ3) is 3.99. The van der Waals surface area contributed by atoms with Gasteiger partial charge in [-0.25, -0.2) is 0 Å². The van der Waals surface area contributed by atoms with E-state index in [1.165, 1.54) is 0 Å². The van der Waals surface area contributed by atoms with E-state index in [9.17, 15) is 14.7 Å². The van der Waals surface area contributed by atoms with Crippen molar-refractivity contribution in [2.45, 2.75) is 39.2 Å². The Kier molecular flexibility index (Phi) is 5.52. The number of primary amides is 1. The van der Waals surface area contributed by atoms with Crippen molar-refractivity contribution in [3.63, 3.8) is 0 Å². The third-order valence-electron chi connectivity index (χ3n) is 6.16. The van der Waals surface area contributed by atoms with Crippen LogP contribution in [0.3, 0.4) is 0 Å². The van der Waals surface area contributed by atoms with E-state index in [-0.39, 0.29) is 12.3 Å². The molecule has 0 radical (unpaired) electrons. The fourth-order valence-electron chi connectivity index (χ4n) is 4.48. The first-order valence-electron chi connectivity index (χ1n) is 10.7. The summed E-state index contributed by atoms with van der Waals surface area (Å²) in [6, 6.07) is 17.0. The smallest absolute Gasteiger partial charge is 0.249 e. The number of nitrogens with one attached hydrogen (secondary N) is 1. The van der Waals surface area contributed by atoms with Gasteiger partial charge in [0.15, 0.2) is 0 Å². The van der Waals surface area contributed by atoms with Crippen LogP contribution in [0, 0.1) is 18.3 Å². The van der Waals surface area contributed by atoms with E-state index in [4.69, 9.17) is 11.0 Å². The Morgan fingerprint density at radius 3 is 2.52 bits per heavy atom. The fraction of sp³-hybridized carbons (Fsp3) is 0.222. The van der Waals surface area contributed by atoms with E-state index in [0.717, 1.165) is 44.5 Å². The van der Waals surface area contributed by atoms with Gasteiger partial charge in [-0.05, 0) is 83.8 Å². The second-order valence-electron chi connectivity index (χ2n) is 8.85. The van der Waals surface area contributed by atoms with Crippen molar-refractivity contribution in [1.29, 1.82) is 5.26 Å². The van der Waals surface area contributed by atoms with Crippen LogP contribution in [0.25, 0.3) is 22.3 Å². The molecular formula is C27H25N3O3. The van der Waals surface area contributed by atoms with Gasteiger partial charge in [0.2, 0.25) is 11.8 Å². The van der Waals surface area contributed by atoms with Crippen molar-refractivity contribution in [3.8, 4) is 28.3 Å². The molecule has 0 heterocycles. The number of nitrogens with two attached hydrogens (primary N) is 1. The van der Waals surface area contributed by atoms with Crippen LogP contribution in [-0.4, -0.2) is 16.9 Å². The number of nitriles is 1. The molecule has 0 bridgehead atoms. The first-order chi connectivity index (χ1) is 15.6. The Hall–Kier alpha value is -3.95. The number of anilines is 1. The highest BCUT2D eigenvalue weighted by atomic mass is 16.3. The molecule has 2 amide bonds. The summed E-state index contributed by atoms with van der Waals surface area (Å²) in [5.74, 6) is -0.848. The summed E-state index contributed by atoms with van der Waals surface area (Å²) in [5.41, 5.74) is 13.1. The molecule has 0 unspecified atom stereocenters. The van der Waals surface area contributed by atoms with Crippen molar-refractivity contribution in [2.24, 2.45) is 5.73 Å². The second-order valence-corrected chi connectivity index (χ2v) is 8.85. The molecule has 0 fully saturated rings. The molecule has 0 spiro atoms. The highest BCUT2D eigenvalue weighted by molar-refractivity contribution is 6.02. The summed E-state index contributed by atoms with van der Waals surface area (Å²) >= 11 is 0. The minimum Gasteiger partial charge on any atom is -0.386 e. The molecule has 166 valence electrons. The number of benzene rings is 3. The van der Waals surface area contributed by atoms with Gasteiger partial charge in [-0.15, -0.1) is 0 Å². The Morgan fingerprint density at radius 1 is 1.12 bits per heavy atom. The number of nitrogens with zero attached hydrogens (tertiary/aromatic N) is 1. The summed E-state index contributed by atoms with van der Waals surface area (Å²) in [5, 5.41) is 22.1. The fourth-order valence-corrected chi connectivity index (χ4v) is 4.48. The topological polar surface area (TPSA) is 116 Å². The predicted molar refractivity (Wildman–Crippen MR) is 127 cm³/mol. The lowest BCUT2D eigenvalue weighted by Crippen LogP contribution is -2.15. The van der Waals surface area contributed by atoms with Gasteiger partial charge < -0.3 is 16.2 Å². The number of hydrogen-bond acceptors (Lipinski definition) is 4. The molecular weight excluding hydrogens is 414 g/mol. The molecule has 6 heteroatoms. The first-order valence-corrected chi connectivity index (χ1v) is 10.7. The van der Waals surface area contributed by atoms with Crippen molar-refractivity contribution in [2.75, 3.05) is 5.32 Å². The predicted octanol–water partition coefficient (Wildman–Crippen LogP) is 4.41. The summed E-state index contributed by atoms with van der Waals surface area (Å²) in [7, 11) is 0. The molecule has 3 aromatic rings. The number of hydrogen-bond donors (Lipinski definition) is 3. The molecule has 6 nitrogen and oxygen atoms in total. The van der Waals surface area contributed by atoms with Gasteiger partial charge in [0.05, 0.1) is 11.7 Å². The molecule has 4 rings (SSSR count). The van der Waals surface area contributed by atoms with Crippen LogP contribution < -0.4 is 11.1 Å². The average Bonchev–Trinajstić information content (AvgIpc) is 3.13. The van der Waals surface area contributed by atoms with Crippen LogP contribution >= 0.6 is 0 Å². The monoisotopic (exact) mass is 439 g/mol. The Bertz CT molecular complexity index is 1340. The average molecular weight is 440 g/mol. The van der Waals surface area contributed by atoms with Crippen LogP contribution in [0.5, 0.6) is 0 Å². The van der Waals surface area contributed by atoms with Gasteiger partial charge in [-0.1, -0.05) is 36.4 Å². The van der Waals surface area contributed by atoms with Crippen LogP contribution in [-0.2, 0) is 16.8 Å². The highest BCUT2D eigenvalue weighted by Gasteiger charge is 2.29. The van der Waals surface area contributed by atoms with Gasteiger partial charge in [-0.2, -0.15) is 5.26 Å². The number of fused-ring (bicyclic) bond motifs is 3. The van der Waals surface area contributed by atoms with E-state index in [2.05, 4.69) is 5.32 Å². The van der Waals surface area contributed by atoms with E-state index in [0.29, 0.717) is 17.7 Å². The van der Waals surface area contributed by atoms with Crippen molar-refractivity contribution >= 4 is 17.5 Å². The van der Waals surface area contributed by atoms with E-state index >= 15 is 0 Å². The quantitative estimate of drug-likeness (QED) is 0.427. The van der Waals surface area contributed by atoms with Gasteiger partial charge in [0.1, 0.15) is 6.42 Å². The molecule has 0 saturated heterocycles. The number of carbonyl (C=O) groups is 2. The molecule has 3 aromatic carbocycles. The largest absolute Gasteiger partial charge is 0.386 e. The van der Waals surface area contributed by atoms with Crippen LogP contribution in [0.15, 0.2) is 48.5 Å². The number of amides is 2.